The van der Waals surface area contributed by atoms with Crippen LogP contribution in [0.1, 0.15) is 5.56 Å². The minimum Gasteiger partial charge on any atom is -0.356 e. The number of piperazine rings is 1. The first kappa shape index (κ1) is 19.5. The average Bonchev–Trinajstić information content (AvgIpc) is 3.05. The summed E-state index contributed by atoms with van der Waals surface area (Å²) in [5.41, 5.74) is 1.24. The Kier molecular flexibility index (Phi) is 7.48. The van der Waals surface area contributed by atoms with E-state index in [0.29, 0.717) is 0 Å². The van der Waals surface area contributed by atoms with Gasteiger partial charge in [0.25, 0.3) is 0 Å². The number of anilines is 1. The number of aliphatic imine (C=N–C) groups is 1. The first-order valence-electron chi connectivity index (χ1n) is 8.35. The molecule has 1 saturated heterocycles. The predicted octanol–water partition coefficient (Wildman–Crippen LogP) is 1.37. The van der Waals surface area contributed by atoms with Crippen LogP contribution in [0.4, 0.5) is 5.82 Å². The number of rotatable bonds is 4. The van der Waals surface area contributed by atoms with E-state index in [0.717, 1.165) is 50.9 Å². The normalized spacial score (nSPS) is 15.0. The molecule has 1 aliphatic heterocycles. The summed E-state index contributed by atoms with van der Waals surface area (Å²) in [6.07, 6.45) is 6.76. The van der Waals surface area contributed by atoms with E-state index in [1.807, 2.05) is 43.3 Å². The third kappa shape index (κ3) is 5.32. The number of halogens is 1. The molecule has 25 heavy (non-hydrogen) atoms. The van der Waals surface area contributed by atoms with Gasteiger partial charge in [0, 0.05) is 59.2 Å². The Morgan fingerprint density at radius 2 is 2.04 bits per heavy atom. The fourth-order valence-corrected chi connectivity index (χ4v) is 2.94. The van der Waals surface area contributed by atoms with E-state index < -0.39 is 0 Å². The number of guanidine groups is 1. The number of nitrogens with one attached hydrogen (secondary N) is 1. The van der Waals surface area contributed by atoms with Crippen molar-refractivity contribution in [1.82, 2.24) is 25.0 Å². The number of nitrogens with zero attached hydrogens (tertiary/aromatic N) is 6. The van der Waals surface area contributed by atoms with Gasteiger partial charge in [-0.3, -0.25) is 9.67 Å². The van der Waals surface area contributed by atoms with Crippen molar-refractivity contribution in [2.24, 2.45) is 12.0 Å². The van der Waals surface area contributed by atoms with E-state index >= 15 is 0 Å². The molecule has 7 nitrogen and oxygen atoms in total. The number of hydrogen-bond acceptors (Lipinski definition) is 4. The lowest BCUT2D eigenvalue weighted by Crippen LogP contribution is -2.53. The highest BCUT2D eigenvalue weighted by molar-refractivity contribution is 14.0. The summed E-state index contributed by atoms with van der Waals surface area (Å²) in [7, 11) is 3.79. The lowest BCUT2D eigenvalue weighted by molar-refractivity contribution is 0.372. The van der Waals surface area contributed by atoms with E-state index in [2.05, 4.69) is 42.5 Å². The molecule has 0 bridgehead atoms. The van der Waals surface area contributed by atoms with Crippen molar-refractivity contribution in [1.29, 1.82) is 0 Å². The maximum absolute atomic E-state index is 4.43. The minimum absolute atomic E-state index is 0. The van der Waals surface area contributed by atoms with Gasteiger partial charge in [0.05, 0.1) is 6.20 Å². The number of hydrogen-bond donors (Lipinski definition) is 1. The smallest absolute Gasteiger partial charge is 0.193 e. The summed E-state index contributed by atoms with van der Waals surface area (Å²) in [6, 6.07) is 6.05. The first-order valence-corrected chi connectivity index (χ1v) is 8.35. The number of pyridine rings is 1. The van der Waals surface area contributed by atoms with E-state index in [1.54, 1.807) is 0 Å². The Morgan fingerprint density at radius 1 is 1.24 bits per heavy atom. The van der Waals surface area contributed by atoms with Crippen LogP contribution in [0.3, 0.4) is 0 Å². The molecule has 0 unspecified atom stereocenters. The van der Waals surface area contributed by atoms with Crippen molar-refractivity contribution in [3.8, 4) is 0 Å². The zero-order valence-electron chi connectivity index (χ0n) is 14.8. The van der Waals surface area contributed by atoms with Gasteiger partial charge in [-0.2, -0.15) is 5.10 Å². The summed E-state index contributed by atoms with van der Waals surface area (Å²) in [6.45, 7) is 4.67. The van der Waals surface area contributed by atoms with Crippen LogP contribution < -0.4 is 10.2 Å². The maximum atomic E-state index is 4.43. The van der Waals surface area contributed by atoms with Gasteiger partial charge in [-0.15, -0.1) is 24.0 Å². The van der Waals surface area contributed by atoms with Crippen molar-refractivity contribution in [3.05, 3.63) is 42.4 Å². The van der Waals surface area contributed by atoms with Gasteiger partial charge >= 0.3 is 0 Å². The highest BCUT2D eigenvalue weighted by Gasteiger charge is 2.20. The van der Waals surface area contributed by atoms with E-state index in [1.165, 1.54) is 5.56 Å². The standard InChI is InChI=1S/C17H25N7.HI/c1-18-17(20-8-6-15-13-21-22(2)14-15)24-11-9-23(10-12-24)16-5-3-4-7-19-16;/h3-5,7,13-14H,6,8-12H2,1-2H3,(H,18,20);1H. The Balaban J connectivity index is 0.00000225. The zero-order chi connectivity index (χ0) is 16.8. The molecule has 0 spiro atoms. The van der Waals surface area contributed by atoms with Crippen LogP contribution in [0.25, 0.3) is 0 Å². The highest BCUT2D eigenvalue weighted by Crippen LogP contribution is 2.12. The molecular formula is C17H26IN7. The van der Waals surface area contributed by atoms with Crippen molar-refractivity contribution >= 4 is 35.8 Å². The first-order chi connectivity index (χ1) is 11.8. The summed E-state index contributed by atoms with van der Waals surface area (Å²) in [5.74, 6) is 2.02. The Bertz CT molecular complexity index is 663. The molecule has 2 aromatic rings. The van der Waals surface area contributed by atoms with Gasteiger partial charge in [-0.1, -0.05) is 6.07 Å². The second kappa shape index (κ2) is 9.59. The quantitative estimate of drug-likeness (QED) is 0.429. The highest BCUT2D eigenvalue weighted by atomic mass is 127. The lowest BCUT2D eigenvalue weighted by Gasteiger charge is -2.37. The Morgan fingerprint density at radius 3 is 2.64 bits per heavy atom. The molecule has 1 N–H and O–H groups in total. The van der Waals surface area contributed by atoms with Gasteiger partial charge in [-0.05, 0) is 24.1 Å². The van der Waals surface area contributed by atoms with E-state index in [9.17, 15) is 0 Å². The molecule has 0 saturated carbocycles. The van der Waals surface area contributed by atoms with Gasteiger partial charge in [0.2, 0.25) is 0 Å². The largest absolute Gasteiger partial charge is 0.356 e. The van der Waals surface area contributed by atoms with E-state index in [4.69, 9.17) is 0 Å². The molecule has 1 aliphatic rings. The van der Waals surface area contributed by atoms with Crippen molar-refractivity contribution < 1.29 is 0 Å². The van der Waals surface area contributed by atoms with Crippen LogP contribution in [-0.2, 0) is 13.5 Å². The van der Waals surface area contributed by atoms with Crippen molar-refractivity contribution in [2.75, 3.05) is 44.7 Å². The monoisotopic (exact) mass is 455 g/mol. The average molecular weight is 455 g/mol. The van der Waals surface area contributed by atoms with Crippen molar-refractivity contribution in [3.63, 3.8) is 0 Å². The topological polar surface area (TPSA) is 61.6 Å². The van der Waals surface area contributed by atoms with Gasteiger partial charge < -0.3 is 15.1 Å². The van der Waals surface area contributed by atoms with Gasteiger partial charge in [-0.25, -0.2) is 4.98 Å². The molecule has 0 amide bonds. The van der Waals surface area contributed by atoms with E-state index in [-0.39, 0.29) is 24.0 Å². The van der Waals surface area contributed by atoms with Gasteiger partial charge in [0.15, 0.2) is 5.96 Å². The molecule has 3 rings (SSSR count). The lowest BCUT2D eigenvalue weighted by atomic mass is 10.2. The second-order valence-corrected chi connectivity index (χ2v) is 5.91. The molecule has 3 heterocycles. The van der Waals surface area contributed by atoms with Crippen LogP contribution in [-0.4, -0.2) is 65.4 Å². The Hall–Kier alpha value is -1.84. The van der Waals surface area contributed by atoms with Crippen molar-refractivity contribution in [2.45, 2.75) is 6.42 Å². The summed E-state index contributed by atoms with van der Waals surface area (Å²) in [4.78, 5) is 13.5. The van der Waals surface area contributed by atoms with Crippen LogP contribution in [0.15, 0.2) is 41.8 Å². The molecule has 8 heteroatoms. The molecule has 136 valence electrons. The third-order valence-corrected chi connectivity index (χ3v) is 4.22. The summed E-state index contributed by atoms with van der Waals surface area (Å²) >= 11 is 0. The second-order valence-electron chi connectivity index (χ2n) is 5.91. The SMILES string of the molecule is CN=C(NCCc1cnn(C)c1)N1CCN(c2ccccn2)CC1.I. The molecule has 0 radical (unpaired) electrons. The molecule has 0 aliphatic carbocycles. The maximum Gasteiger partial charge on any atom is 0.193 e. The molecule has 1 fully saturated rings. The fourth-order valence-electron chi connectivity index (χ4n) is 2.94. The number of aryl methyl sites for hydroxylation is 1. The minimum atomic E-state index is 0. The number of aromatic nitrogens is 3. The van der Waals surface area contributed by atoms with Gasteiger partial charge in [0.1, 0.15) is 5.82 Å². The van der Waals surface area contributed by atoms with Crippen LogP contribution in [0, 0.1) is 0 Å². The molecule has 2 aromatic heterocycles. The third-order valence-electron chi connectivity index (χ3n) is 4.22. The summed E-state index contributed by atoms with van der Waals surface area (Å²) < 4.78 is 1.83. The molecule has 0 atom stereocenters. The zero-order valence-corrected chi connectivity index (χ0v) is 17.1. The molecule has 0 aromatic carbocycles. The fraction of sp³-hybridized carbons (Fsp3) is 0.471. The summed E-state index contributed by atoms with van der Waals surface area (Å²) in [5, 5.41) is 7.65. The van der Waals surface area contributed by atoms with Crippen LogP contribution in [0.2, 0.25) is 0 Å². The van der Waals surface area contributed by atoms with Crippen LogP contribution in [0.5, 0.6) is 0 Å². The Labute approximate surface area is 166 Å². The molecular weight excluding hydrogens is 429 g/mol. The van der Waals surface area contributed by atoms with Crippen LogP contribution >= 0.6 is 24.0 Å². The predicted molar refractivity (Wildman–Crippen MR) is 112 cm³/mol.